The van der Waals surface area contributed by atoms with E-state index in [2.05, 4.69) is 22.9 Å². The molecule has 0 amide bonds. The summed E-state index contributed by atoms with van der Waals surface area (Å²) >= 11 is 3.64. The van der Waals surface area contributed by atoms with Crippen molar-refractivity contribution in [1.82, 2.24) is 0 Å². The number of hydrogen-bond donors (Lipinski definition) is 2. The van der Waals surface area contributed by atoms with E-state index in [1.165, 1.54) is 0 Å². The highest BCUT2D eigenvalue weighted by Crippen LogP contribution is 2.33. The van der Waals surface area contributed by atoms with Gasteiger partial charge in [0, 0.05) is 0 Å². The minimum absolute atomic E-state index is 0.145. The van der Waals surface area contributed by atoms with Gasteiger partial charge in [-0.25, -0.2) is 0 Å². The molecule has 0 radical (unpaired) electrons. The lowest BCUT2D eigenvalue weighted by Gasteiger charge is -2.25. The van der Waals surface area contributed by atoms with Crippen LogP contribution < -0.4 is 0 Å². The number of carboxylic acids is 1. The van der Waals surface area contributed by atoms with E-state index < -0.39 is 10.3 Å². The number of carbonyl (C=O) groups excluding carboxylic acids is 1. The highest BCUT2D eigenvalue weighted by atomic mass is 79.9. The molecule has 0 fully saturated rings. The van der Waals surface area contributed by atoms with E-state index >= 15 is 0 Å². The predicted octanol–water partition coefficient (Wildman–Crippen LogP) is 5.49. The van der Waals surface area contributed by atoms with Crippen molar-refractivity contribution in [3.05, 3.63) is 0 Å². The van der Waals surface area contributed by atoms with E-state index in [1.807, 2.05) is 0 Å². The lowest BCUT2D eigenvalue weighted by Crippen LogP contribution is -2.30. The zero-order valence-electron chi connectivity index (χ0n) is 16.2. The monoisotopic (exact) mass is 420 g/mol. The molecule has 0 rings (SSSR count). The summed E-state index contributed by atoms with van der Waals surface area (Å²) in [6, 6.07) is 0. The normalized spacial score (nSPS) is 16.2. The fraction of sp³-hybridized carbons (Fsp3) is 0.900. The Kier molecular flexibility index (Phi) is 13.5. The number of hydrogen-bond acceptors (Lipinski definition) is 3. The molecule has 0 aliphatic heterocycles. The Morgan fingerprint density at radius 1 is 0.960 bits per heavy atom. The molecule has 0 saturated carbocycles. The Hall–Kier alpha value is -0.420. The molecule has 0 aromatic heterocycles. The highest BCUT2D eigenvalue weighted by Gasteiger charge is 2.31. The Balaban J connectivity index is 4.07. The van der Waals surface area contributed by atoms with E-state index in [0.29, 0.717) is 6.42 Å². The third-order valence-corrected chi connectivity index (χ3v) is 6.37. The Morgan fingerprint density at radius 3 is 2.08 bits per heavy atom. The maximum atomic E-state index is 12.0. The van der Waals surface area contributed by atoms with Gasteiger partial charge in [-0.05, 0) is 45.4 Å². The largest absolute Gasteiger partial charge is 0.481 e. The molecule has 5 heteroatoms. The molecule has 0 spiro atoms. The molecule has 0 aromatic carbocycles. The summed E-state index contributed by atoms with van der Waals surface area (Å²) in [7, 11) is 0. The summed E-state index contributed by atoms with van der Waals surface area (Å²) < 4.78 is -0.492. The first-order chi connectivity index (χ1) is 11.7. The van der Waals surface area contributed by atoms with Gasteiger partial charge in [0.15, 0.2) is 0 Å². The fourth-order valence-corrected chi connectivity index (χ4v) is 3.59. The molecule has 0 aromatic rings. The average Bonchev–Trinajstić information content (AvgIpc) is 2.54. The fourth-order valence-electron chi connectivity index (χ4n) is 3.03. The molecular formula is C20H37BrO4. The average molecular weight is 421 g/mol. The Bertz CT molecular complexity index is 386. The van der Waals surface area contributed by atoms with Crippen LogP contribution >= 0.6 is 15.9 Å². The van der Waals surface area contributed by atoms with Crippen LogP contribution in [-0.2, 0) is 9.59 Å². The minimum atomic E-state index is -0.740. The van der Waals surface area contributed by atoms with E-state index in [4.69, 9.17) is 5.11 Å². The second-order valence-electron chi connectivity index (χ2n) is 7.40. The zero-order chi connectivity index (χ0) is 19.3. The predicted molar refractivity (Wildman–Crippen MR) is 106 cm³/mol. The van der Waals surface area contributed by atoms with Crippen molar-refractivity contribution >= 4 is 27.7 Å². The van der Waals surface area contributed by atoms with Crippen LogP contribution in [0.3, 0.4) is 0 Å². The smallest absolute Gasteiger partial charge is 0.306 e. The van der Waals surface area contributed by atoms with Gasteiger partial charge in [-0.15, -0.1) is 0 Å². The van der Waals surface area contributed by atoms with Crippen LogP contribution in [0.25, 0.3) is 0 Å². The van der Waals surface area contributed by atoms with E-state index in [-0.39, 0.29) is 17.8 Å². The van der Waals surface area contributed by atoms with Crippen molar-refractivity contribution in [3.63, 3.8) is 0 Å². The van der Waals surface area contributed by atoms with E-state index in [1.54, 1.807) is 13.8 Å². The number of Topliss-reactive ketones (excluding diaryl/α,β-unsaturated/α-hetero) is 1. The molecule has 3 atom stereocenters. The number of aliphatic hydroxyl groups excluding tert-OH is 1. The number of alkyl halides is 1. The van der Waals surface area contributed by atoms with Gasteiger partial charge in [-0.2, -0.15) is 0 Å². The molecule has 4 nitrogen and oxygen atoms in total. The third kappa shape index (κ3) is 11.7. The quantitative estimate of drug-likeness (QED) is 0.255. The third-order valence-electron chi connectivity index (χ3n) is 5.01. The lowest BCUT2D eigenvalue weighted by molar-refractivity contribution is -0.141. The summed E-state index contributed by atoms with van der Waals surface area (Å²) in [5, 5.41) is 18.9. The van der Waals surface area contributed by atoms with Gasteiger partial charge in [0.05, 0.1) is 16.3 Å². The first-order valence-corrected chi connectivity index (χ1v) is 10.6. The van der Waals surface area contributed by atoms with Crippen LogP contribution in [0.1, 0.15) is 97.8 Å². The Morgan fingerprint density at radius 2 is 1.52 bits per heavy atom. The number of halogens is 1. The topological polar surface area (TPSA) is 74.6 Å². The number of rotatable bonds is 16. The van der Waals surface area contributed by atoms with Gasteiger partial charge in [-0.1, -0.05) is 68.3 Å². The molecule has 148 valence electrons. The van der Waals surface area contributed by atoms with Crippen molar-refractivity contribution in [1.29, 1.82) is 0 Å². The lowest BCUT2D eigenvalue weighted by atomic mass is 9.90. The van der Waals surface area contributed by atoms with Crippen molar-refractivity contribution in [2.75, 3.05) is 0 Å². The number of carbonyl (C=O) groups is 2. The molecule has 0 saturated heterocycles. The van der Waals surface area contributed by atoms with Crippen molar-refractivity contribution in [2.45, 2.75) is 108 Å². The van der Waals surface area contributed by atoms with Crippen LogP contribution in [0.4, 0.5) is 0 Å². The molecule has 3 unspecified atom stereocenters. The number of ketones is 1. The molecule has 0 bridgehead atoms. The maximum Gasteiger partial charge on any atom is 0.306 e. The summed E-state index contributed by atoms with van der Waals surface area (Å²) in [5.74, 6) is -0.890. The van der Waals surface area contributed by atoms with Crippen LogP contribution in [-0.4, -0.2) is 32.4 Å². The second-order valence-corrected chi connectivity index (χ2v) is 8.92. The number of aliphatic hydroxyl groups is 1. The van der Waals surface area contributed by atoms with Crippen LogP contribution in [0, 0.1) is 5.92 Å². The standard InChI is InChI=1S/C20H37BrO4/c1-4-5-7-12-18(23)13-10-15-20(21,17(3)22)14-9-6-8-11-16(2)19(24)25/h16,18,23H,4-15H2,1-3H3,(H,24,25). The van der Waals surface area contributed by atoms with Crippen molar-refractivity contribution < 1.29 is 19.8 Å². The van der Waals surface area contributed by atoms with Crippen LogP contribution in [0.5, 0.6) is 0 Å². The summed E-state index contributed by atoms with van der Waals surface area (Å²) in [4.78, 5) is 22.8. The molecule has 0 aliphatic rings. The van der Waals surface area contributed by atoms with Gasteiger partial charge in [0.25, 0.3) is 0 Å². The summed E-state index contributed by atoms with van der Waals surface area (Å²) in [6.07, 6.45) is 10.5. The molecular weight excluding hydrogens is 384 g/mol. The van der Waals surface area contributed by atoms with E-state index in [0.717, 1.165) is 70.6 Å². The van der Waals surface area contributed by atoms with Gasteiger partial charge < -0.3 is 10.2 Å². The van der Waals surface area contributed by atoms with Crippen LogP contribution in [0.15, 0.2) is 0 Å². The first-order valence-electron chi connectivity index (χ1n) is 9.83. The SMILES string of the molecule is CCCCCC(O)CCCC(Br)(CCCCCC(C)C(=O)O)C(C)=O. The Labute approximate surface area is 161 Å². The summed E-state index contributed by atoms with van der Waals surface area (Å²) in [6.45, 7) is 5.51. The summed E-state index contributed by atoms with van der Waals surface area (Å²) in [5.41, 5.74) is 0. The molecule has 0 heterocycles. The number of unbranched alkanes of at least 4 members (excludes halogenated alkanes) is 4. The highest BCUT2D eigenvalue weighted by molar-refractivity contribution is 9.10. The van der Waals surface area contributed by atoms with E-state index in [9.17, 15) is 14.7 Å². The second kappa shape index (κ2) is 13.7. The van der Waals surface area contributed by atoms with Gasteiger partial charge in [0.2, 0.25) is 0 Å². The molecule has 25 heavy (non-hydrogen) atoms. The van der Waals surface area contributed by atoms with Gasteiger partial charge in [0.1, 0.15) is 5.78 Å². The first kappa shape index (κ1) is 24.6. The van der Waals surface area contributed by atoms with Crippen molar-refractivity contribution in [2.24, 2.45) is 5.92 Å². The zero-order valence-corrected chi connectivity index (χ0v) is 17.8. The minimum Gasteiger partial charge on any atom is -0.481 e. The van der Waals surface area contributed by atoms with Crippen LogP contribution in [0.2, 0.25) is 0 Å². The number of aliphatic carboxylic acids is 1. The number of carboxylic acid groups (broad SMARTS) is 1. The maximum absolute atomic E-state index is 12.0. The van der Waals surface area contributed by atoms with Gasteiger partial charge >= 0.3 is 5.97 Å². The molecule has 2 N–H and O–H groups in total. The van der Waals surface area contributed by atoms with Gasteiger partial charge in [-0.3, -0.25) is 9.59 Å². The van der Waals surface area contributed by atoms with Crippen molar-refractivity contribution in [3.8, 4) is 0 Å². The molecule has 0 aliphatic carbocycles.